The molecule has 64 heavy (non-hydrogen) atoms. The number of nitrogens with zero attached hydrogens (tertiary/aromatic N) is 4. The third-order valence-electron chi connectivity index (χ3n) is 13.1. The van der Waals surface area contributed by atoms with E-state index in [9.17, 15) is 39.1 Å². The molecule has 1 unspecified atom stereocenters. The van der Waals surface area contributed by atoms with E-state index in [-0.39, 0.29) is 30.3 Å². The summed E-state index contributed by atoms with van der Waals surface area (Å²) in [6.07, 6.45) is 3.27. The van der Waals surface area contributed by atoms with Gasteiger partial charge in [0.05, 0.1) is 11.1 Å². The molecule has 4 amide bonds. The maximum absolute atomic E-state index is 14.0. The summed E-state index contributed by atoms with van der Waals surface area (Å²) in [6, 6.07) is 23.5. The van der Waals surface area contributed by atoms with Gasteiger partial charge in [-0.1, -0.05) is 30.3 Å². The van der Waals surface area contributed by atoms with E-state index < -0.39 is 30.9 Å². The first-order valence-electron chi connectivity index (χ1n) is 22.0. The fourth-order valence-electron chi connectivity index (χ4n) is 9.45. The van der Waals surface area contributed by atoms with Crippen LogP contribution >= 0.6 is 11.3 Å². The number of nitrogens with one attached hydrogen (secondary N) is 1. The first-order chi connectivity index (χ1) is 31.0. The minimum absolute atomic E-state index is 0.0973. The van der Waals surface area contributed by atoms with Crippen LogP contribution in [0.5, 0.6) is 11.5 Å². The molecule has 5 heterocycles. The van der Waals surface area contributed by atoms with Gasteiger partial charge in [-0.3, -0.25) is 39.1 Å². The molecule has 4 N–H and O–H groups in total. The summed E-state index contributed by atoms with van der Waals surface area (Å²) >= 11 is 1.40. The number of fused-ring (bicyclic) bond motifs is 2. The first-order valence-corrected chi connectivity index (χ1v) is 22.8. The number of ketones is 1. The largest absolute Gasteiger partial charge is 0.508 e. The molecular weight excluding hydrogens is 833 g/mol. The van der Waals surface area contributed by atoms with Crippen LogP contribution in [-0.2, 0) is 9.59 Å². The van der Waals surface area contributed by atoms with Crippen LogP contribution in [0.1, 0.15) is 80.2 Å². The number of phenolic OH excluding ortho intramolecular Hbond substituents is 1. The van der Waals surface area contributed by atoms with Crippen molar-refractivity contribution < 1.29 is 43.9 Å². The number of piperidine rings is 2. The topological polar surface area (TPSA) is 180 Å². The maximum atomic E-state index is 14.0. The Morgan fingerprint density at radius 3 is 2.11 bits per heavy atom. The molecule has 0 spiro atoms. The number of carbonyl (C=O) groups excluding carboxylic acids is 5. The number of ether oxygens (including phenoxy) is 1. The minimum atomic E-state index is -1.59. The summed E-state index contributed by atoms with van der Waals surface area (Å²) in [5, 5.41) is 32.2. The van der Waals surface area contributed by atoms with Crippen LogP contribution in [0.15, 0.2) is 84.9 Å². The number of imide groups is 2. The van der Waals surface area contributed by atoms with E-state index >= 15 is 0 Å². The van der Waals surface area contributed by atoms with E-state index in [1.165, 1.54) is 11.3 Å². The van der Waals surface area contributed by atoms with Crippen molar-refractivity contribution in [2.24, 2.45) is 0 Å². The normalized spacial score (nSPS) is 19.0. The molecule has 9 rings (SSSR count). The lowest BCUT2D eigenvalue weighted by Gasteiger charge is -2.36. The fraction of sp³-hybridized carbons (Fsp3) is 0.354. The number of benzene rings is 4. The van der Waals surface area contributed by atoms with Crippen LogP contribution in [0.4, 0.5) is 0 Å². The lowest BCUT2D eigenvalue weighted by Crippen LogP contribution is -2.54. The maximum Gasteiger partial charge on any atom is 0.488 e. The Morgan fingerprint density at radius 2 is 1.42 bits per heavy atom. The molecular formula is C48H50BN5O9S. The fourth-order valence-corrected chi connectivity index (χ4v) is 10.7. The Balaban J connectivity index is 0.693. The zero-order valence-electron chi connectivity index (χ0n) is 35.4. The van der Waals surface area contributed by atoms with Crippen molar-refractivity contribution in [3.8, 4) is 21.9 Å². The monoisotopic (exact) mass is 883 g/mol. The van der Waals surface area contributed by atoms with Gasteiger partial charge in [0.2, 0.25) is 11.8 Å². The van der Waals surface area contributed by atoms with Gasteiger partial charge in [-0.05, 0) is 129 Å². The molecule has 1 aromatic heterocycles. The van der Waals surface area contributed by atoms with Crippen molar-refractivity contribution in [2.75, 3.05) is 65.5 Å². The van der Waals surface area contributed by atoms with Gasteiger partial charge in [-0.25, -0.2) is 0 Å². The summed E-state index contributed by atoms with van der Waals surface area (Å²) in [6.45, 7) is 9.31. The molecule has 3 saturated heterocycles. The van der Waals surface area contributed by atoms with Crippen molar-refractivity contribution in [1.82, 2.24) is 24.9 Å². The molecule has 0 aliphatic carbocycles. The SMILES string of the molecule is O=C1CCC(N2C(=O)c3ccc(C4CCN(CCCN5CCN(CCOc6ccc(C(=O)c7c(-c8ccc(B(O)O)cc8)sc8cc(O)ccc78)cc6)CC5)CC4)cc3C2=O)C(=O)N1. The first kappa shape index (κ1) is 43.5. The summed E-state index contributed by atoms with van der Waals surface area (Å²) in [5.74, 6) is -0.976. The second-order valence-corrected chi connectivity index (χ2v) is 18.1. The number of phenols is 1. The molecule has 4 aliphatic heterocycles. The van der Waals surface area contributed by atoms with Crippen LogP contribution in [-0.4, -0.2) is 143 Å². The van der Waals surface area contributed by atoms with Gasteiger partial charge in [0, 0.05) is 65.2 Å². The van der Waals surface area contributed by atoms with Gasteiger partial charge < -0.3 is 29.7 Å². The molecule has 14 nitrogen and oxygen atoms in total. The molecule has 1 atom stereocenters. The average Bonchev–Trinajstić information content (AvgIpc) is 3.80. The van der Waals surface area contributed by atoms with E-state index in [2.05, 4.69) is 20.0 Å². The molecule has 0 bridgehead atoms. The van der Waals surface area contributed by atoms with Gasteiger partial charge in [-0.15, -0.1) is 11.3 Å². The van der Waals surface area contributed by atoms with E-state index in [0.29, 0.717) is 46.0 Å². The number of hydrogen-bond acceptors (Lipinski definition) is 13. The van der Waals surface area contributed by atoms with Gasteiger partial charge in [-0.2, -0.15) is 0 Å². The third kappa shape index (κ3) is 9.12. The summed E-state index contributed by atoms with van der Waals surface area (Å²) < 4.78 is 6.88. The van der Waals surface area contributed by atoms with Crippen molar-refractivity contribution in [3.05, 3.63) is 113 Å². The molecule has 4 aliphatic rings. The Labute approximate surface area is 375 Å². The lowest BCUT2D eigenvalue weighted by molar-refractivity contribution is -0.136. The number of aromatic hydroxyl groups is 1. The highest BCUT2D eigenvalue weighted by Crippen LogP contribution is 2.41. The van der Waals surface area contributed by atoms with Crippen LogP contribution < -0.4 is 15.5 Å². The molecule has 330 valence electrons. The zero-order chi connectivity index (χ0) is 44.5. The molecule has 0 saturated carbocycles. The van der Waals surface area contributed by atoms with Gasteiger partial charge in [0.1, 0.15) is 24.1 Å². The summed E-state index contributed by atoms with van der Waals surface area (Å²) in [4.78, 5) is 73.8. The number of likely N-dealkylation sites (tertiary alicyclic amines) is 1. The zero-order valence-corrected chi connectivity index (χ0v) is 36.2. The molecule has 16 heteroatoms. The summed E-state index contributed by atoms with van der Waals surface area (Å²) in [7, 11) is -1.59. The highest BCUT2D eigenvalue weighted by molar-refractivity contribution is 7.22. The Bertz CT molecular complexity index is 2580. The van der Waals surface area contributed by atoms with Crippen molar-refractivity contribution in [1.29, 1.82) is 0 Å². The Morgan fingerprint density at radius 1 is 0.750 bits per heavy atom. The second-order valence-electron chi connectivity index (χ2n) is 17.1. The van der Waals surface area contributed by atoms with Crippen LogP contribution in [0.25, 0.3) is 20.5 Å². The van der Waals surface area contributed by atoms with Crippen LogP contribution in [0.2, 0.25) is 0 Å². The van der Waals surface area contributed by atoms with Crippen LogP contribution in [0.3, 0.4) is 0 Å². The molecule has 4 aromatic carbocycles. The Hall–Kier alpha value is -5.75. The number of piperazine rings is 1. The number of hydrogen-bond donors (Lipinski definition) is 4. The predicted molar refractivity (Wildman–Crippen MR) is 243 cm³/mol. The van der Waals surface area contributed by atoms with Gasteiger partial charge >= 0.3 is 7.12 Å². The number of rotatable bonds is 14. The molecule has 3 fully saturated rings. The predicted octanol–water partition coefficient (Wildman–Crippen LogP) is 3.85. The summed E-state index contributed by atoms with van der Waals surface area (Å²) in [5.41, 5.74) is 3.88. The highest BCUT2D eigenvalue weighted by atomic mass is 32.1. The minimum Gasteiger partial charge on any atom is -0.508 e. The van der Waals surface area contributed by atoms with Crippen molar-refractivity contribution in [3.63, 3.8) is 0 Å². The van der Waals surface area contributed by atoms with E-state index in [1.807, 2.05) is 24.3 Å². The van der Waals surface area contributed by atoms with Crippen molar-refractivity contribution in [2.45, 2.75) is 44.1 Å². The van der Waals surface area contributed by atoms with E-state index in [1.54, 1.807) is 60.7 Å². The number of amides is 4. The standard InChI is InChI=1S/C48H50BN5O9S/c55-35-9-13-38-41(29-35)64-45(32-2-7-34(8-3-32)49(61)62)43(38)44(57)31-4-10-36(11-5-31)63-27-26-53-24-22-52(23-25-53)19-1-18-51-20-16-30(17-21-51)33-6-12-37-39(28-33)48(60)54(47(37)59)40-14-15-42(56)50-46(40)58/h2-13,28-30,40,55,61-62H,1,14-27H2,(H,50,56,58). The van der Waals surface area contributed by atoms with Crippen LogP contribution in [0, 0.1) is 0 Å². The molecule has 0 radical (unpaired) electrons. The quantitative estimate of drug-likeness (QED) is 0.0721. The third-order valence-corrected chi connectivity index (χ3v) is 14.3. The van der Waals surface area contributed by atoms with E-state index in [4.69, 9.17) is 4.74 Å². The van der Waals surface area contributed by atoms with Gasteiger partial charge in [0.15, 0.2) is 5.78 Å². The Kier molecular flexibility index (Phi) is 12.8. The second kappa shape index (κ2) is 18.8. The van der Waals surface area contributed by atoms with E-state index in [0.717, 1.165) is 109 Å². The van der Waals surface area contributed by atoms with Gasteiger partial charge in [0.25, 0.3) is 11.8 Å². The average molecular weight is 884 g/mol. The van der Waals surface area contributed by atoms with Crippen molar-refractivity contribution >= 4 is 63.4 Å². The molecule has 5 aromatic rings. The number of carbonyl (C=O) groups is 5. The lowest BCUT2D eigenvalue weighted by atomic mass is 9.80. The smallest absolute Gasteiger partial charge is 0.488 e. The highest BCUT2D eigenvalue weighted by Gasteiger charge is 2.45. The number of thiophene rings is 1.